The normalized spacial score (nSPS) is 13.5. The molecule has 1 saturated carbocycles. The van der Waals surface area contributed by atoms with Gasteiger partial charge >= 0.3 is 0 Å². The summed E-state index contributed by atoms with van der Waals surface area (Å²) >= 11 is 0. The van der Waals surface area contributed by atoms with Gasteiger partial charge in [-0.2, -0.15) is 0 Å². The van der Waals surface area contributed by atoms with Gasteiger partial charge in [0.1, 0.15) is 11.6 Å². The quantitative estimate of drug-likeness (QED) is 0.117. The minimum Gasteiger partial charge on any atom is -0.507 e. The molecule has 0 bridgehead atoms. The fourth-order valence-electron chi connectivity index (χ4n) is 12.3. The largest absolute Gasteiger partial charge is 0.507 e. The second-order valence-electron chi connectivity index (χ2n) is 23.2. The molecule has 400 valence electrons. The van der Waals surface area contributed by atoms with Gasteiger partial charge in [-0.25, -0.2) is 4.98 Å². The summed E-state index contributed by atoms with van der Waals surface area (Å²) in [6, 6.07) is 89.2. The summed E-state index contributed by atoms with van der Waals surface area (Å²) in [5.41, 5.74) is 19.2. The zero-order valence-electron chi connectivity index (χ0n) is 49.0. The van der Waals surface area contributed by atoms with E-state index >= 15 is 0 Å². The third kappa shape index (κ3) is 10.0. The standard InChI is InChI=1S/C78H67N3O/c1-77(2,3)66-51-69(58-29-14-7-15-30-58)75(82)70(52-66)76-80-74-67(35-22-36-73(74)81(76)72-42-37-54(45-53-23-20-21-24-53)46-68(72)57-27-12-6-13-28-57)61-47-60(55-25-10-5-11-26-55)48-62(49-61)71-50-59(43-44-79-71)56-38-40-65(41-39-56)78(4,63-31-16-8-17-32-63)64-33-18-9-19-34-64/h5-19,22,25-44,46-53,82H,20-21,23-24,45H2,1-4H3/i45D2. The highest BCUT2D eigenvalue weighted by Crippen LogP contribution is 2.47. The summed E-state index contributed by atoms with van der Waals surface area (Å²) in [6.45, 7) is 8.93. The molecule has 0 atom stereocenters. The van der Waals surface area contributed by atoms with Gasteiger partial charge in [-0.1, -0.05) is 241 Å². The Morgan fingerprint density at radius 3 is 1.63 bits per heavy atom. The van der Waals surface area contributed by atoms with Gasteiger partial charge in [-0.05, 0) is 152 Å². The van der Waals surface area contributed by atoms with Crippen molar-refractivity contribution < 1.29 is 7.85 Å². The Morgan fingerprint density at radius 1 is 0.451 bits per heavy atom. The fraction of sp³-hybridized carbons (Fsp3) is 0.154. The SMILES string of the molecule is [2H]C([2H])(c1ccc(-n2c(-c3cc(C(C)(C)C)cc(-c4ccccc4)c3O)nc3c(-c4cc(-c5ccccc5)cc(-c5cc(-c6ccc(C(C)(c7ccccc7)c7ccccc7)cc6)ccn5)c4)cccc32)c(-c2ccccc2)c1)C1CCCC1. The third-order valence-corrected chi connectivity index (χ3v) is 16.9. The summed E-state index contributed by atoms with van der Waals surface area (Å²) in [6.07, 6.45) is 4.21. The van der Waals surface area contributed by atoms with Gasteiger partial charge in [-0.3, -0.25) is 9.55 Å². The third-order valence-electron chi connectivity index (χ3n) is 16.9. The molecule has 0 aliphatic heterocycles. The van der Waals surface area contributed by atoms with Crippen LogP contribution in [0.5, 0.6) is 5.75 Å². The molecule has 0 spiro atoms. The van der Waals surface area contributed by atoms with Crippen molar-refractivity contribution in [3.8, 4) is 89.7 Å². The molecule has 1 N–H and O–H groups in total. The molecule has 2 heterocycles. The number of phenols is 1. The average Bonchev–Trinajstić information content (AvgIpc) is 3.08. The maximum Gasteiger partial charge on any atom is 0.149 e. The van der Waals surface area contributed by atoms with Crippen molar-refractivity contribution in [1.82, 2.24) is 14.5 Å². The lowest BCUT2D eigenvalue weighted by atomic mass is 9.71. The van der Waals surface area contributed by atoms with Crippen LogP contribution in [0.1, 0.15) is 83.9 Å². The first-order valence-electron chi connectivity index (χ1n) is 29.9. The lowest BCUT2D eigenvalue weighted by molar-refractivity contribution is 0.477. The molecule has 13 rings (SSSR count). The van der Waals surface area contributed by atoms with Crippen LogP contribution in [0.2, 0.25) is 0 Å². The zero-order valence-corrected chi connectivity index (χ0v) is 47.0. The zero-order chi connectivity index (χ0) is 57.6. The molecule has 0 radical (unpaired) electrons. The van der Waals surface area contributed by atoms with Crippen LogP contribution >= 0.6 is 0 Å². The predicted molar refractivity (Wildman–Crippen MR) is 341 cm³/mol. The molecule has 1 aliphatic carbocycles. The minimum absolute atomic E-state index is 0.0596. The number of nitrogens with zero attached hydrogens (tertiary/aromatic N) is 3. The van der Waals surface area contributed by atoms with Gasteiger partial charge in [0.2, 0.25) is 0 Å². The molecular formula is C78H67N3O. The van der Waals surface area contributed by atoms with E-state index in [0.717, 1.165) is 115 Å². The molecule has 1 aliphatic rings. The van der Waals surface area contributed by atoms with E-state index in [1.54, 1.807) is 0 Å². The molecular weight excluding hydrogens is 995 g/mol. The second-order valence-corrected chi connectivity index (χ2v) is 23.2. The number of fused-ring (bicyclic) bond motifs is 1. The molecule has 12 aromatic rings. The first kappa shape index (κ1) is 49.6. The Bertz CT molecular complexity index is 4280. The van der Waals surface area contributed by atoms with Gasteiger partial charge in [0.25, 0.3) is 0 Å². The number of pyridine rings is 1. The van der Waals surface area contributed by atoms with Crippen LogP contribution in [0.4, 0.5) is 0 Å². The van der Waals surface area contributed by atoms with Crippen molar-refractivity contribution >= 4 is 11.0 Å². The van der Waals surface area contributed by atoms with Crippen LogP contribution in [-0.2, 0) is 17.2 Å². The molecule has 4 heteroatoms. The van der Waals surface area contributed by atoms with E-state index in [9.17, 15) is 7.85 Å². The molecule has 82 heavy (non-hydrogen) atoms. The van der Waals surface area contributed by atoms with Crippen LogP contribution in [-0.4, -0.2) is 19.6 Å². The summed E-state index contributed by atoms with van der Waals surface area (Å²) in [5.74, 6) is 0.656. The molecule has 0 saturated heterocycles. The molecule has 10 aromatic carbocycles. The van der Waals surface area contributed by atoms with E-state index in [1.807, 2.05) is 66.9 Å². The molecule has 0 amide bonds. The van der Waals surface area contributed by atoms with Gasteiger partial charge in [0.15, 0.2) is 0 Å². The summed E-state index contributed by atoms with van der Waals surface area (Å²) in [7, 11) is 0. The van der Waals surface area contributed by atoms with Crippen molar-refractivity contribution in [3.63, 3.8) is 0 Å². The number of aromatic hydroxyl groups is 1. The average molecular weight is 1060 g/mol. The molecule has 4 nitrogen and oxygen atoms in total. The monoisotopic (exact) mass is 1060 g/mol. The van der Waals surface area contributed by atoms with E-state index in [1.165, 1.54) is 16.7 Å². The van der Waals surface area contributed by atoms with E-state index in [-0.39, 0.29) is 22.5 Å². The topological polar surface area (TPSA) is 50.9 Å². The first-order valence-corrected chi connectivity index (χ1v) is 28.9. The van der Waals surface area contributed by atoms with Gasteiger partial charge in [-0.15, -0.1) is 0 Å². The van der Waals surface area contributed by atoms with Crippen LogP contribution in [0.25, 0.3) is 95.0 Å². The summed E-state index contributed by atoms with van der Waals surface area (Å²) in [5, 5.41) is 12.9. The number of benzene rings is 10. The minimum atomic E-state index is -1.52. The van der Waals surface area contributed by atoms with E-state index in [0.29, 0.717) is 17.0 Å². The first-order chi connectivity index (χ1) is 40.8. The number of imidazole rings is 1. The van der Waals surface area contributed by atoms with E-state index in [4.69, 9.17) is 9.97 Å². The van der Waals surface area contributed by atoms with Crippen LogP contribution < -0.4 is 0 Å². The van der Waals surface area contributed by atoms with Gasteiger partial charge < -0.3 is 5.11 Å². The Hall–Kier alpha value is -9.38. The van der Waals surface area contributed by atoms with E-state index < -0.39 is 6.37 Å². The highest BCUT2D eigenvalue weighted by molar-refractivity contribution is 5.99. The highest BCUT2D eigenvalue weighted by Gasteiger charge is 2.32. The lowest BCUT2D eigenvalue weighted by Gasteiger charge is -2.32. The molecule has 0 unspecified atom stereocenters. The van der Waals surface area contributed by atoms with E-state index in [2.05, 4.69) is 226 Å². The number of para-hydroxylation sites is 1. The van der Waals surface area contributed by atoms with Crippen molar-refractivity contribution in [2.24, 2.45) is 5.92 Å². The maximum atomic E-state index is 12.9. The number of hydrogen-bond donors (Lipinski definition) is 1. The Balaban J connectivity index is 1.01. The van der Waals surface area contributed by atoms with Crippen LogP contribution in [0.15, 0.2) is 261 Å². The summed E-state index contributed by atoms with van der Waals surface area (Å²) in [4.78, 5) is 10.8. The van der Waals surface area contributed by atoms with Crippen molar-refractivity contribution in [1.29, 1.82) is 0 Å². The number of phenolic OH excluding ortho intramolecular Hbond substituents is 1. The Kier molecular flexibility index (Phi) is 13.3. The number of aromatic nitrogens is 3. The van der Waals surface area contributed by atoms with Crippen molar-refractivity contribution in [2.45, 2.75) is 70.6 Å². The lowest BCUT2D eigenvalue weighted by Crippen LogP contribution is -2.25. The highest BCUT2D eigenvalue weighted by atomic mass is 16.3. The van der Waals surface area contributed by atoms with Crippen molar-refractivity contribution in [3.05, 3.63) is 289 Å². The smallest absolute Gasteiger partial charge is 0.149 e. The van der Waals surface area contributed by atoms with Crippen molar-refractivity contribution in [2.75, 3.05) is 0 Å². The van der Waals surface area contributed by atoms with Crippen LogP contribution in [0.3, 0.4) is 0 Å². The maximum absolute atomic E-state index is 12.9. The summed E-state index contributed by atoms with van der Waals surface area (Å²) < 4.78 is 21.4. The predicted octanol–water partition coefficient (Wildman–Crippen LogP) is 20.2. The fourth-order valence-corrected chi connectivity index (χ4v) is 12.3. The number of rotatable bonds is 13. The molecule has 1 fully saturated rings. The second kappa shape index (κ2) is 21.9. The Morgan fingerprint density at radius 2 is 1.00 bits per heavy atom. The number of hydrogen-bond acceptors (Lipinski definition) is 3. The van der Waals surface area contributed by atoms with Gasteiger partial charge in [0.05, 0.1) is 28.0 Å². The Labute approximate surface area is 486 Å². The van der Waals surface area contributed by atoms with Gasteiger partial charge in [0, 0.05) is 36.6 Å². The van der Waals surface area contributed by atoms with Crippen LogP contribution in [0, 0.1) is 5.92 Å². The molecule has 2 aromatic heterocycles.